The Balaban J connectivity index is 2.08. The minimum Gasteiger partial charge on any atom is -0.484 e. The van der Waals surface area contributed by atoms with Gasteiger partial charge < -0.3 is 9.84 Å². The Morgan fingerprint density at radius 3 is 2.36 bits per heavy atom. The molecule has 3 rings (SSSR count). The third-order valence-corrected chi connectivity index (χ3v) is 3.67. The lowest BCUT2D eigenvalue weighted by molar-refractivity contribution is 0.0690. The van der Waals surface area contributed by atoms with E-state index < -0.39 is 5.97 Å². The third-order valence-electron chi connectivity index (χ3n) is 3.67. The lowest BCUT2D eigenvalue weighted by Gasteiger charge is -2.18. The Kier molecular flexibility index (Phi) is 3.79. The minimum atomic E-state index is -0.985. The van der Waals surface area contributed by atoms with E-state index in [2.05, 4.69) is 0 Å². The second-order valence-electron chi connectivity index (χ2n) is 5.14. The molecule has 1 atom stereocenters. The fourth-order valence-corrected chi connectivity index (χ4v) is 2.51. The van der Waals surface area contributed by atoms with Crippen LogP contribution in [0.2, 0.25) is 0 Å². The molecule has 0 saturated carbocycles. The molecule has 0 fully saturated rings. The van der Waals surface area contributed by atoms with E-state index in [9.17, 15) is 9.90 Å². The van der Waals surface area contributed by atoms with E-state index >= 15 is 0 Å². The van der Waals surface area contributed by atoms with Crippen molar-refractivity contribution < 1.29 is 14.6 Å². The molecule has 0 aliphatic carbocycles. The number of hydrogen-bond acceptors (Lipinski definition) is 2. The average Bonchev–Trinajstić information content (AvgIpc) is 2.55. The summed E-state index contributed by atoms with van der Waals surface area (Å²) in [5.74, 6) is -0.567. The van der Waals surface area contributed by atoms with Gasteiger partial charge in [-0.3, -0.25) is 0 Å². The first-order chi connectivity index (χ1) is 10.7. The van der Waals surface area contributed by atoms with Gasteiger partial charge in [-0.05, 0) is 23.9 Å². The van der Waals surface area contributed by atoms with Crippen LogP contribution in [0.15, 0.2) is 66.7 Å². The summed E-state index contributed by atoms with van der Waals surface area (Å²) in [4.78, 5) is 11.5. The molecule has 0 heterocycles. The summed E-state index contributed by atoms with van der Waals surface area (Å²) in [5, 5.41) is 11.2. The number of carbonyl (C=O) groups is 1. The number of fused-ring (bicyclic) bond motifs is 1. The van der Waals surface area contributed by atoms with Gasteiger partial charge in [0, 0.05) is 5.39 Å². The number of benzene rings is 3. The van der Waals surface area contributed by atoms with Crippen molar-refractivity contribution in [3.8, 4) is 5.75 Å². The third kappa shape index (κ3) is 2.66. The highest BCUT2D eigenvalue weighted by Crippen LogP contribution is 2.33. The summed E-state index contributed by atoms with van der Waals surface area (Å²) in [5.41, 5.74) is 1.19. The van der Waals surface area contributed by atoms with Crippen molar-refractivity contribution in [3.63, 3.8) is 0 Å². The standard InChI is InChI=1S/C19H16O3/c1-13(14-7-3-2-4-8-14)22-18-16-10-6-5-9-15(16)11-12-17(18)19(20)21/h2-13H,1H3,(H,20,21). The molecule has 22 heavy (non-hydrogen) atoms. The van der Waals surface area contributed by atoms with Crippen LogP contribution >= 0.6 is 0 Å². The Labute approximate surface area is 128 Å². The monoisotopic (exact) mass is 292 g/mol. The zero-order valence-corrected chi connectivity index (χ0v) is 12.2. The van der Waals surface area contributed by atoms with E-state index in [1.807, 2.05) is 61.5 Å². The van der Waals surface area contributed by atoms with Crippen LogP contribution < -0.4 is 4.74 Å². The molecule has 0 bridgehead atoms. The maximum Gasteiger partial charge on any atom is 0.339 e. The molecule has 0 aromatic heterocycles. The molecule has 3 heteroatoms. The molecule has 3 aromatic carbocycles. The fraction of sp³-hybridized carbons (Fsp3) is 0.105. The molecule has 3 nitrogen and oxygen atoms in total. The molecule has 3 aromatic rings. The van der Waals surface area contributed by atoms with Crippen molar-refractivity contribution >= 4 is 16.7 Å². The SMILES string of the molecule is CC(Oc1c(C(=O)O)ccc2ccccc12)c1ccccc1. The van der Waals surface area contributed by atoms with E-state index in [0.29, 0.717) is 5.75 Å². The van der Waals surface area contributed by atoms with Crippen molar-refractivity contribution in [3.05, 3.63) is 77.9 Å². The number of hydrogen-bond donors (Lipinski definition) is 1. The molecule has 1 unspecified atom stereocenters. The second kappa shape index (κ2) is 5.90. The van der Waals surface area contributed by atoms with E-state index in [0.717, 1.165) is 16.3 Å². The van der Waals surface area contributed by atoms with Crippen LogP contribution in [0.3, 0.4) is 0 Å². The summed E-state index contributed by atoms with van der Waals surface area (Å²) in [6.45, 7) is 1.92. The van der Waals surface area contributed by atoms with Gasteiger partial charge in [0.1, 0.15) is 17.4 Å². The van der Waals surface area contributed by atoms with E-state index in [1.54, 1.807) is 12.1 Å². The minimum absolute atomic E-state index is 0.182. The van der Waals surface area contributed by atoms with Gasteiger partial charge in [0.15, 0.2) is 0 Å². The van der Waals surface area contributed by atoms with Crippen LogP contribution in [-0.4, -0.2) is 11.1 Å². The van der Waals surface area contributed by atoms with Gasteiger partial charge in [-0.25, -0.2) is 4.79 Å². The molecular weight excluding hydrogens is 276 g/mol. The summed E-state index contributed by atoms with van der Waals surface area (Å²) >= 11 is 0. The molecule has 0 aliphatic heterocycles. The Morgan fingerprint density at radius 1 is 0.955 bits per heavy atom. The molecule has 1 N–H and O–H groups in total. The van der Waals surface area contributed by atoms with Gasteiger partial charge in [0.2, 0.25) is 0 Å². The van der Waals surface area contributed by atoms with Crippen LogP contribution in [0.1, 0.15) is 28.9 Å². The zero-order chi connectivity index (χ0) is 15.5. The number of carboxylic acid groups (broad SMARTS) is 1. The Bertz CT molecular complexity index is 809. The van der Waals surface area contributed by atoms with Crippen molar-refractivity contribution in [1.29, 1.82) is 0 Å². The predicted octanol–water partition coefficient (Wildman–Crippen LogP) is 4.68. The van der Waals surface area contributed by atoms with E-state index in [-0.39, 0.29) is 11.7 Å². The Hall–Kier alpha value is -2.81. The highest BCUT2D eigenvalue weighted by molar-refractivity contribution is 6.00. The quantitative estimate of drug-likeness (QED) is 0.759. The summed E-state index contributed by atoms with van der Waals surface area (Å²) < 4.78 is 6.03. The van der Waals surface area contributed by atoms with Crippen LogP contribution in [0.25, 0.3) is 10.8 Å². The lowest BCUT2D eigenvalue weighted by Crippen LogP contribution is -2.08. The maximum atomic E-state index is 11.5. The predicted molar refractivity (Wildman–Crippen MR) is 86.4 cm³/mol. The van der Waals surface area contributed by atoms with E-state index in [1.165, 1.54) is 0 Å². The van der Waals surface area contributed by atoms with Gasteiger partial charge >= 0.3 is 5.97 Å². The first kappa shape index (κ1) is 14.1. The summed E-state index contributed by atoms with van der Waals surface area (Å²) in [6, 6.07) is 20.8. The van der Waals surface area contributed by atoms with E-state index in [4.69, 9.17) is 4.74 Å². The highest BCUT2D eigenvalue weighted by atomic mass is 16.5. The molecule has 0 saturated heterocycles. The number of rotatable bonds is 4. The normalized spacial score (nSPS) is 12.0. The molecule has 0 radical (unpaired) electrons. The Morgan fingerprint density at radius 2 is 1.64 bits per heavy atom. The average molecular weight is 292 g/mol. The van der Waals surface area contributed by atoms with Crippen LogP contribution in [-0.2, 0) is 0 Å². The number of carboxylic acids is 1. The zero-order valence-electron chi connectivity index (χ0n) is 12.2. The first-order valence-electron chi connectivity index (χ1n) is 7.13. The van der Waals surface area contributed by atoms with Gasteiger partial charge in [0.05, 0.1) is 0 Å². The van der Waals surface area contributed by atoms with Crippen LogP contribution in [0.5, 0.6) is 5.75 Å². The van der Waals surface area contributed by atoms with Crippen molar-refractivity contribution in [1.82, 2.24) is 0 Å². The summed E-state index contributed by atoms with van der Waals surface area (Å²) in [7, 11) is 0. The van der Waals surface area contributed by atoms with Crippen LogP contribution in [0.4, 0.5) is 0 Å². The highest BCUT2D eigenvalue weighted by Gasteiger charge is 2.17. The second-order valence-corrected chi connectivity index (χ2v) is 5.14. The van der Waals surface area contributed by atoms with Gasteiger partial charge in [-0.1, -0.05) is 60.7 Å². The van der Waals surface area contributed by atoms with Crippen molar-refractivity contribution in [2.24, 2.45) is 0 Å². The summed E-state index contributed by atoms with van der Waals surface area (Å²) in [6.07, 6.45) is -0.231. The van der Waals surface area contributed by atoms with Crippen LogP contribution in [0, 0.1) is 0 Å². The lowest BCUT2D eigenvalue weighted by atomic mass is 10.0. The molecule has 110 valence electrons. The van der Waals surface area contributed by atoms with Gasteiger partial charge in [-0.2, -0.15) is 0 Å². The molecule has 0 spiro atoms. The smallest absolute Gasteiger partial charge is 0.339 e. The van der Waals surface area contributed by atoms with Gasteiger partial charge in [-0.15, -0.1) is 0 Å². The number of ether oxygens (including phenoxy) is 1. The molecular formula is C19H16O3. The van der Waals surface area contributed by atoms with Crippen molar-refractivity contribution in [2.75, 3.05) is 0 Å². The maximum absolute atomic E-state index is 11.5. The number of aromatic carboxylic acids is 1. The largest absolute Gasteiger partial charge is 0.484 e. The topological polar surface area (TPSA) is 46.5 Å². The first-order valence-corrected chi connectivity index (χ1v) is 7.13. The fourth-order valence-electron chi connectivity index (χ4n) is 2.51. The molecule has 0 amide bonds. The van der Waals surface area contributed by atoms with Crippen molar-refractivity contribution in [2.45, 2.75) is 13.0 Å². The molecule has 0 aliphatic rings. The van der Waals surface area contributed by atoms with Gasteiger partial charge in [0.25, 0.3) is 0 Å².